The van der Waals surface area contributed by atoms with Crippen molar-refractivity contribution < 1.29 is 9.90 Å². The van der Waals surface area contributed by atoms with E-state index in [0.717, 1.165) is 6.54 Å². The molecule has 0 aromatic heterocycles. The maximum Gasteiger partial charge on any atom is 0.307 e. The Bertz CT molecular complexity index is 258. The van der Waals surface area contributed by atoms with E-state index in [1.165, 1.54) is 0 Å². The van der Waals surface area contributed by atoms with Gasteiger partial charge in [0.1, 0.15) is 0 Å². The summed E-state index contributed by atoms with van der Waals surface area (Å²) in [6.45, 7) is 9.30. The first kappa shape index (κ1) is 14.9. The predicted molar refractivity (Wildman–Crippen MR) is 62.9 cm³/mol. The third-order valence-electron chi connectivity index (χ3n) is 2.80. The number of carboxylic acid groups (broad SMARTS) is 1. The first-order valence-electron chi connectivity index (χ1n) is 5.74. The van der Waals surface area contributed by atoms with Gasteiger partial charge in [0.15, 0.2) is 0 Å². The molecule has 0 saturated carbocycles. The van der Waals surface area contributed by atoms with Crippen LogP contribution in [0.2, 0.25) is 0 Å². The van der Waals surface area contributed by atoms with Crippen molar-refractivity contribution in [2.75, 3.05) is 13.1 Å². The lowest BCUT2D eigenvalue weighted by molar-refractivity contribution is -0.143. The van der Waals surface area contributed by atoms with E-state index in [4.69, 9.17) is 10.4 Å². The molecular weight excluding hydrogens is 204 g/mol. The molecule has 0 radical (unpaired) electrons. The van der Waals surface area contributed by atoms with Crippen LogP contribution in [0.4, 0.5) is 0 Å². The van der Waals surface area contributed by atoms with Crippen LogP contribution in [0.5, 0.6) is 0 Å². The second kappa shape index (κ2) is 7.24. The Balaban J connectivity index is 4.48. The van der Waals surface area contributed by atoms with Crippen molar-refractivity contribution in [2.24, 2.45) is 11.8 Å². The van der Waals surface area contributed by atoms with Crippen LogP contribution in [0, 0.1) is 23.2 Å². The highest BCUT2D eigenvalue weighted by Crippen LogP contribution is 2.13. The Morgan fingerprint density at radius 1 is 1.38 bits per heavy atom. The minimum Gasteiger partial charge on any atom is -0.481 e. The molecule has 0 aliphatic heterocycles. The summed E-state index contributed by atoms with van der Waals surface area (Å²) in [6, 6.07) is 2.07. The zero-order chi connectivity index (χ0) is 12.7. The molecule has 0 amide bonds. The van der Waals surface area contributed by atoms with Crippen LogP contribution >= 0.6 is 0 Å². The normalized spacial score (nSPS) is 14.8. The summed E-state index contributed by atoms with van der Waals surface area (Å²) in [7, 11) is 0. The van der Waals surface area contributed by atoms with Gasteiger partial charge >= 0.3 is 5.97 Å². The van der Waals surface area contributed by atoms with Crippen LogP contribution < -0.4 is 0 Å². The first-order valence-corrected chi connectivity index (χ1v) is 5.74. The lowest BCUT2D eigenvalue weighted by atomic mass is 10.0. The highest BCUT2D eigenvalue weighted by atomic mass is 16.4. The fourth-order valence-corrected chi connectivity index (χ4v) is 1.65. The molecule has 0 bridgehead atoms. The average molecular weight is 226 g/mol. The molecule has 1 N–H and O–H groups in total. The van der Waals surface area contributed by atoms with Gasteiger partial charge < -0.3 is 5.11 Å². The number of carbonyl (C=O) groups is 1. The molecule has 16 heavy (non-hydrogen) atoms. The average Bonchev–Trinajstić information content (AvgIpc) is 2.21. The van der Waals surface area contributed by atoms with Crippen molar-refractivity contribution in [3.8, 4) is 6.07 Å². The molecule has 0 saturated heterocycles. The monoisotopic (exact) mass is 226 g/mol. The van der Waals surface area contributed by atoms with Gasteiger partial charge in [-0.3, -0.25) is 9.69 Å². The minimum atomic E-state index is -0.779. The SMILES string of the molecule is CC(C)CN(CCC#N)C(C)C(C)C(=O)O. The minimum absolute atomic E-state index is 0.0340. The lowest BCUT2D eigenvalue weighted by Crippen LogP contribution is -2.42. The summed E-state index contributed by atoms with van der Waals surface area (Å²) in [5, 5.41) is 17.6. The maximum absolute atomic E-state index is 10.9. The number of aliphatic carboxylic acids is 1. The highest BCUT2D eigenvalue weighted by Gasteiger charge is 2.25. The fraction of sp³-hybridized carbons (Fsp3) is 0.833. The van der Waals surface area contributed by atoms with Gasteiger partial charge in [-0.1, -0.05) is 20.8 Å². The molecule has 2 unspecified atom stereocenters. The van der Waals surface area contributed by atoms with Gasteiger partial charge in [0.25, 0.3) is 0 Å². The Morgan fingerprint density at radius 3 is 2.31 bits per heavy atom. The molecule has 4 heteroatoms. The molecule has 0 aromatic rings. The largest absolute Gasteiger partial charge is 0.481 e. The van der Waals surface area contributed by atoms with Gasteiger partial charge in [-0.15, -0.1) is 0 Å². The van der Waals surface area contributed by atoms with E-state index < -0.39 is 11.9 Å². The Morgan fingerprint density at radius 2 is 1.94 bits per heavy atom. The Kier molecular flexibility index (Phi) is 6.75. The molecule has 0 fully saturated rings. The van der Waals surface area contributed by atoms with Crippen molar-refractivity contribution in [3.05, 3.63) is 0 Å². The van der Waals surface area contributed by atoms with Gasteiger partial charge in [0, 0.05) is 25.6 Å². The van der Waals surface area contributed by atoms with Crippen LogP contribution in [-0.4, -0.2) is 35.1 Å². The zero-order valence-electron chi connectivity index (χ0n) is 10.6. The molecule has 0 spiro atoms. The second-order valence-electron chi connectivity index (χ2n) is 4.66. The number of nitrogens with zero attached hydrogens (tertiary/aromatic N) is 2. The summed E-state index contributed by atoms with van der Waals surface area (Å²) in [6.07, 6.45) is 0.448. The third kappa shape index (κ3) is 5.13. The fourth-order valence-electron chi connectivity index (χ4n) is 1.65. The number of hydrogen-bond donors (Lipinski definition) is 1. The van der Waals surface area contributed by atoms with Gasteiger partial charge in [0.05, 0.1) is 12.0 Å². The van der Waals surface area contributed by atoms with E-state index in [1.807, 2.05) is 6.92 Å². The van der Waals surface area contributed by atoms with Crippen molar-refractivity contribution in [3.63, 3.8) is 0 Å². The van der Waals surface area contributed by atoms with Crippen molar-refractivity contribution in [2.45, 2.75) is 40.2 Å². The van der Waals surface area contributed by atoms with E-state index in [2.05, 4.69) is 24.8 Å². The number of carboxylic acids is 1. The van der Waals surface area contributed by atoms with E-state index >= 15 is 0 Å². The zero-order valence-corrected chi connectivity index (χ0v) is 10.6. The molecule has 4 nitrogen and oxygen atoms in total. The second-order valence-corrected chi connectivity index (χ2v) is 4.66. The first-order chi connectivity index (χ1) is 7.40. The van der Waals surface area contributed by atoms with Crippen LogP contribution in [0.25, 0.3) is 0 Å². The van der Waals surface area contributed by atoms with E-state index in [0.29, 0.717) is 18.9 Å². The summed E-state index contributed by atoms with van der Waals surface area (Å²) in [4.78, 5) is 13.0. The van der Waals surface area contributed by atoms with Crippen molar-refractivity contribution in [1.82, 2.24) is 4.90 Å². The molecule has 0 aliphatic rings. The molecule has 0 aliphatic carbocycles. The standard InChI is InChI=1S/C12H22N2O2/c1-9(2)8-14(7-5-6-13)11(4)10(3)12(15)16/h9-11H,5,7-8H2,1-4H3,(H,15,16). The number of nitriles is 1. The van der Waals surface area contributed by atoms with Gasteiger partial charge in [-0.05, 0) is 12.8 Å². The third-order valence-corrected chi connectivity index (χ3v) is 2.80. The van der Waals surface area contributed by atoms with Crippen molar-refractivity contribution in [1.29, 1.82) is 5.26 Å². The molecule has 92 valence electrons. The number of rotatable bonds is 7. The molecule has 0 heterocycles. The molecule has 0 rings (SSSR count). The maximum atomic E-state index is 10.9. The molecular formula is C12H22N2O2. The quantitative estimate of drug-likeness (QED) is 0.720. The molecule has 0 aromatic carbocycles. The highest BCUT2D eigenvalue weighted by molar-refractivity contribution is 5.70. The number of hydrogen-bond acceptors (Lipinski definition) is 3. The molecule has 2 atom stereocenters. The van der Waals surface area contributed by atoms with E-state index in [1.54, 1.807) is 6.92 Å². The summed E-state index contributed by atoms with van der Waals surface area (Å²) in [5.41, 5.74) is 0. The van der Waals surface area contributed by atoms with Gasteiger partial charge in [-0.25, -0.2) is 0 Å². The summed E-state index contributed by atoms with van der Waals surface area (Å²) >= 11 is 0. The van der Waals surface area contributed by atoms with Crippen molar-refractivity contribution >= 4 is 5.97 Å². The summed E-state index contributed by atoms with van der Waals surface area (Å²) < 4.78 is 0. The van der Waals surface area contributed by atoms with Crippen LogP contribution in [0.15, 0.2) is 0 Å². The van der Waals surface area contributed by atoms with E-state index in [-0.39, 0.29) is 6.04 Å². The Hall–Kier alpha value is -1.08. The summed E-state index contributed by atoms with van der Waals surface area (Å²) in [5.74, 6) is -0.710. The van der Waals surface area contributed by atoms with E-state index in [9.17, 15) is 4.79 Å². The smallest absolute Gasteiger partial charge is 0.307 e. The van der Waals surface area contributed by atoms with Crippen LogP contribution in [-0.2, 0) is 4.79 Å². The van der Waals surface area contributed by atoms with Gasteiger partial charge in [-0.2, -0.15) is 5.26 Å². The topological polar surface area (TPSA) is 64.3 Å². The van der Waals surface area contributed by atoms with Crippen LogP contribution in [0.1, 0.15) is 34.1 Å². The van der Waals surface area contributed by atoms with Gasteiger partial charge in [0.2, 0.25) is 0 Å². The predicted octanol–water partition coefficient (Wildman–Crippen LogP) is 1.97. The van der Waals surface area contributed by atoms with Crippen LogP contribution in [0.3, 0.4) is 0 Å². The Labute approximate surface area is 97.9 Å². The lowest BCUT2D eigenvalue weighted by Gasteiger charge is -2.32.